The molecule has 0 bridgehead atoms. The Labute approximate surface area is 148 Å². The number of aromatic amines is 1. The van der Waals surface area contributed by atoms with Crippen LogP contribution in [0.1, 0.15) is 24.6 Å². The number of hydrogen-bond donors (Lipinski definition) is 5. The molecule has 0 aliphatic carbocycles. The number of aryl methyl sites for hydroxylation is 1. The van der Waals surface area contributed by atoms with Gasteiger partial charge in [0.25, 0.3) is 5.56 Å². The second-order valence-corrected chi connectivity index (χ2v) is 8.67. The molecule has 3 unspecified atom stereocenters. The van der Waals surface area contributed by atoms with Crippen molar-refractivity contribution in [3.05, 3.63) is 32.6 Å². The summed E-state index contributed by atoms with van der Waals surface area (Å²) in [5.41, 5.74) is -0.772. The fourth-order valence-corrected chi connectivity index (χ4v) is 4.49. The smallest absolute Gasteiger partial charge is 0.352 e. The largest absolute Gasteiger partial charge is 0.485 e. The Morgan fingerprint density at radius 2 is 2.04 bits per heavy atom. The highest BCUT2D eigenvalue weighted by Gasteiger charge is 2.33. The monoisotopic (exact) mass is 434 g/mol. The van der Waals surface area contributed by atoms with E-state index in [1.165, 1.54) is 10.8 Å². The van der Waals surface area contributed by atoms with Gasteiger partial charge in [0.15, 0.2) is 0 Å². The molecule has 2 heterocycles. The average Bonchev–Trinajstić information content (AvgIpc) is 2.95. The fourth-order valence-electron chi connectivity index (χ4n) is 2.18. The van der Waals surface area contributed by atoms with Crippen molar-refractivity contribution in [1.29, 1.82) is 0 Å². The molecule has 4 atom stereocenters. The van der Waals surface area contributed by atoms with E-state index in [-0.39, 0.29) is 6.61 Å². The molecule has 1 aromatic heterocycles. The summed E-state index contributed by atoms with van der Waals surface area (Å²) in [5.74, 6) is 0. The van der Waals surface area contributed by atoms with E-state index >= 15 is 0 Å². The van der Waals surface area contributed by atoms with Gasteiger partial charge in [0, 0.05) is 11.8 Å². The Morgan fingerprint density at radius 3 is 2.69 bits per heavy atom. The van der Waals surface area contributed by atoms with E-state index in [2.05, 4.69) is 13.6 Å². The number of rotatable bonds is 8. The van der Waals surface area contributed by atoms with Crippen LogP contribution < -0.4 is 11.2 Å². The minimum absolute atomic E-state index is 0.219. The summed E-state index contributed by atoms with van der Waals surface area (Å²) in [6, 6.07) is 0. The van der Waals surface area contributed by atoms with Gasteiger partial charge in [-0.05, 0) is 19.8 Å². The van der Waals surface area contributed by atoms with E-state index in [0.29, 0.717) is 18.4 Å². The lowest BCUT2D eigenvalue weighted by molar-refractivity contribution is -0.0217. The third-order valence-corrected chi connectivity index (χ3v) is 6.43. The molecule has 0 spiro atoms. The van der Waals surface area contributed by atoms with E-state index in [1.54, 1.807) is 6.92 Å². The molecule has 0 saturated carbocycles. The number of ether oxygens (including phenoxy) is 1. The molecule has 0 amide bonds. The van der Waals surface area contributed by atoms with E-state index in [0.717, 1.165) is 0 Å². The normalized spacial score (nSPS) is 23.9. The van der Waals surface area contributed by atoms with Gasteiger partial charge in [-0.3, -0.25) is 14.3 Å². The number of aromatic nitrogens is 2. The standard InChI is InChI=1S/C10H17N2O11P3/c1-6-4-12(10(14)11-9(6)13)8-3-2-7(21-8)5-20-25(17)23-26(18,19)22-24(15)16/h4,7-8,15-17H,2-3,5H2,1H3,(H,18,19)(H,11,13,14)/t7?,8-,25?/m1/s1. The summed E-state index contributed by atoms with van der Waals surface area (Å²) in [6.07, 6.45) is 1.07. The zero-order valence-corrected chi connectivity index (χ0v) is 16.0. The van der Waals surface area contributed by atoms with Gasteiger partial charge in [-0.15, -0.1) is 0 Å². The molecule has 5 N–H and O–H groups in total. The summed E-state index contributed by atoms with van der Waals surface area (Å²) in [5, 5.41) is 0. The molecule has 26 heavy (non-hydrogen) atoms. The first-order chi connectivity index (χ1) is 12.1. The number of nitrogens with one attached hydrogen (secondary N) is 1. The second kappa shape index (κ2) is 9.09. The highest BCUT2D eigenvalue weighted by atomic mass is 31.3. The molecule has 1 aromatic rings. The van der Waals surface area contributed by atoms with Crippen molar-refractivity contribution in [3.8, 4) is 0 Å². The van der Waals surface area contributed by atoms with Gasteiger partial charge in [0.2, 0.25) is 0 Å². The SMILES string of the molecule is Cc1cn([C@H]2CCC(COP(O)OP(=O)(O)OP(O)O)O2)c(=O)[nH]c1=O. The van der Waals surface area contributed by atoms with Gasteiger partial charge in [-0.2, -0.15) is 0 Å². The first-order valence-electron chi connectivity index (χ1n) is 7.07. The van der Waals surface area contributed by atoms with Crippen LogP contribution in [0.2, 0.25) is 0 Å². The molecule has 0 aromatic carbocycles. The lowest BCUT2D eigenvalue weighted by atomic mass is 10.2. The molecular formula is C10H17N2O11P3. The van der Waals surface area contributed by atoms with Crippen LogP contribution in [0.25, 0.3) is 0 Å². The topological polar surface area (TPSA) is 190 Å². The van der Waals surface area contributed by atoms with Gasteiger partial charge < -0.3 is 28.8 Å². The van der Waals surface area contributed by atoms with Crippen LogP contribution in [0.15, 0.2) is 15.8 Å². The third-order valence-electron chi connectivity index (χ3n) is 3.26. The number of phosphoric acid groups is 1. The van der Waals surface area contributed by atoms with Crippen LogP contribution in [-0.2, 0) is 22.4 Å². The van der Waals surface area contributed by atoms with Gasteiger partial charge >= 0.3 is 30.7 Å². The van der Waals surface area contributed by atoms with Crippen LogP contribution in [0, 0.1) is 6.92 Å². The molecule has 1 aliphatic rings. The van der Waals surface area contributed by atoms with Crippen molar-refractivity contribution < 1.29 is 42.0 Å². The lowest BCUT2D eigenvalue weighted by Gasteiger charge is -2.18. The molecule has 148 valence electrons. The maximum atomic E-state index is 11.8. The van der Waals surface area contributed by atoms with E-state index < -0.39 is 48.6 Å². The van der Waals surface area contributed by atoms with Gasteiger partial charge in [0.05, 0.1) is 12.7 Å². The summed E-state index contributed by atoms with van der Waals surface area (Å²) < 4.78 is 31.0. The lowest BCUT2D eigenvalue weighted by Crippen LogP contribution is -2.33. The zero-order valence-electron chi connectivity index (χ0n) is 13.3. The van der Waals surface area contributed by atoms with E-state index in [4.69, 9.17) is 23.9 Å². The predicted octanol–water partition coefficient (Wildman–Crippen LogP) is 0.104. The number of nitrogens with zero attached hydrogens (tertiary/aromatic N) is 1. The first kappa shape index (κ1) is 21.7. The average molecular weight is 434 g/mol. The summed E-state index contributed by atoms with van der Waals surface area (Å²) in [7, 11) is -10.9. The van der Waals surface area contributed by atoms with Crippen LogP contribution in [0.4, 0.5) is 0 Å². The molecule has 16 heteroatoms. The van der Waals surface area contributed by atoms with Crippen molar-refractivity contribution in [1.82, 2.24) is 9.55 Å². The highest BCUT2D eigenvalue weighted by molar-refractivity contribution is 7.63. The van der Waals surface area contributed by atoms with E-state index in [9.17, 15) is 19.0 Å². The molecule has 1 fully saturated rings. The van der Waals surface area contributed by atoms with E-state index in [1.807, 2.05) is 0 Å². The van der Waals surface area contributed by atoms with Crippen molar-refractivity contribution in [2.45, 2.75) is 32.1 Å². The molecule has 0 radical (unpaired) electrons. The van der Waals surface area contributed by atoms with Gasteiger partial charge in [0.1, 0.15) is 6.23 Å². The quantitative estimate of drug-likeness (QED) is 0.349. The molecule has 1 saturated heterocycles. The third kappa shape index (κ3) is 6.26. The van der Waals surface area contributed by atoms with Crippen LogP contribution in [0.3, 0.4) is 0 Å². The molecule has 1 aliphatic heterocycles. The summed E-state index contributed by atoms with van der Waals surface area (Å²) in [6.45, 7) is 1.32. The van der Waals surface area contributed by atoms with Crippen molar-refractivity contribution >= 4 is 25.0 Å². The molecular weight excluding hydrogens is 417 g/mol. The second-order valence-electron chi connectivity index (χ2n) is 5.19. The number of hydrogen-bond acceptors (Lipinski definition) is 10. The Balaban J connectivity index is 1.86. The summed E-state index contributed by atoms with van der Waals surface area (Å²) >= 11 is 0. The Bertz CT molecular complexity index is 780. The van der Waals surface area contributed by atoms with Crippen molar-refractivity contribution in [2.75, 3.05) is 6.61 Å². The van der Waals surface area contributed by atoms with Crippen molar-refractivity contribution in [3.63, 3.8) is 0 Å². The Kier molecular flexibility index (Phi) is 7.61. The zero-order chi connectivity index (χ0) is 19.5. The molecule has 13 nitrogen and oxygen atoms in total. The first-order valence-corrected chi connectivity index (χ1v) is 10.9. The minimum atomic E-state index is -4.88. The Morgan fingerprint density at radius 1 is 1.35 bits per heavy atom. The van der Waals surface area contributed by atoms with Crippen LogP contribution >= 0.6 is 25.0 Å². The van der Waals surface area contributed by atoms with Crippen LogP contribution in [0.5, 0.6) is 0 Å². The van der Waals surface area contributed by atoms with Gasteiger partial charge in [-0.25, -0.2) is 18.0 Å². The maximum absolute atomic E-state index is 11.8. The predicted molar refractivity (Wildman–Crippen MR) is 87.6 cm³/mol. The summed E-state index contributed by atoms with van der Waals surface area (Å²) in [4.78, 5) is 60.9. The van der Waals surface area contributed by atoms with Crippen LogP contribution in [-0.4, -0.2) is 41.8 Å². The molecule has 2 rings (SSSR count). The van der Waals surface area contributed by atoms with Crippen molar-refractivity contribution in [2.24, 2.45) is 0 Å². The van der Waals surface area contributed by atoms with Gasteiger partial charge in [-0.1, -0.05) is 0 Å². The number of H-pyrrole nitrogens is 1. The fraction of sp³-hybridized carbons (Fsp3) is 0.600. The highest BCUT2D eigenvalue weighted by Crippen LogP contribution is 2.61. The Hall–Kier alpha value is -0.550. The maximum Gasteiger partial charge on any atom is 0.485 e. The minimum Gasteiger partial charge on any atom is -0.352 e.